The van der Waals surface area contributed by atoms with Gasteiger partial charge in [-0.05, 0) is 60.4 Å². The quantitative estimate of drug-likeness (QED) is 0.380. The third-order valence-corrected chi connectivity index (χ3v) is 5.37. The highest BCUT2D eigenvalue weighted by atomic mass is 32.2. The molecular formula is C25H28N2O6S. The van der Waals surface area contributed by atoms with E-state index in [9.17, 15) is 13.2 Å². The smallest absolute Gasteiger partial charge is 0.382 e. The molecule has 0 saturated heterocycles. The lowest BCUT2D eigenvalue weighted by molar-refractivity contribution is 0.0746. The standard InChI is InChI=1S/C25H28N2O6S/c1-3-4-14-27-23-17-22(25(28)33-34(26,29)30)19(15-18-10-12-20(31-2)13-11-18)16-24(23)32-21-8-6-5-7-9-21/h5-13,16-17,27H,3-4,14-15H2,1-2H3,(H2,26,29,30). The van der Waals surface area contributed by atoms with Crippen molar-refractivity contribution >= 4 is 22.0 Å². The van der Waals surface area contributed by atoms with Gasteiger partial charge in [-0.3, -0.25) is 0 Å². The monoisotopic (exact) mass is 484 g/mol. The van der Waals surface area contributed by atoms with Gasteiger partial charge in [0.15, 0.2) is 5.75 Å². The predicted octanol–water partition coefficient (Wildman–Crippen LogP) is 4.65. The average molecular weight is 485 g/mol. The van der Waals surface area contributed by atoms with Gasteiger partial charge in [-0.15, -0.1) is 0 Å². The highest BCUT2D eigenvalue weighted by molar-refractivity contribution is 7.84. The number of rotatable bonds is 11. The fourth-order valence-electron chi connectivity index (χ4n) is 3.31. The van der Waals surface area contributed by atoms with Crippen LogP contribution in [0.15, 0.2) is 66.7 Å². The number of benzene rings is 3. The van der Waals surface area contributed by atoms with E-state index < -0.39 is 16.3 Å². The Hall–Kier alpha value is -3.56. The van der Waals surface area contributed by atoms with Gasteiger partial charge in [0, 0.05) is 6.54 Å². The SMILES string of the molecule is CCCCNc1cc(C(=O)OS(N)(=O)=O)c(Cc2ccc(OC)cc2)cc1Oc1ccccc1. The third-order valence-electron chi connectivity index (χ3n) is 4.99. The molecule has 8 nitrogen and oxygen atoms in total. The molecule has 0 bridgehead atoms. The molecular weight excluding hydrogens is 456 g/mol. The van der Waals surface area contributed by atoms with Crippen LogP contribution >= 0.6 is 0 Å². The number of anilines is 1. The molecule has 0 aliphatic rings. The topological polar surface area (TPSA) is 117 Å². The van der Waals surface area contributed by atoms with Crippen LogP contribution in [0.3, 0.4) is 0 Å². The van der Waals surface area contributed by atoms with Gasteiger partial charge in [0.2, 0.25) is 0 Å². The Kier molecular flexibility index (Phi) is 8.50. The number of methoxy groups -OCH3 is 1. The van der Waals surface area contributed by atoms with Crippen molar-refractivity contribution < 1.29 is 26.9 Å². The minimum Gasteiger partial charge on any atom is -0.497 e. The van der Waals surface area contributed by atoms with Gasteiger partial charge < -0.3 is 19.0 Å². The molecule has 0 aliphatic carbocycles. The Bertz CT molecular complexity index is 1210. The molecule has 0 heterocycles. The highest BCUT2D eigenvalue weighted by Crippen LogP contribution is 2.34. The van der Waals surface area contributed by atoms with Gasteiger partial charge in [0.05, 0.1) is 18.4 Å². The second-order valence-electron chi connectivity index (χ2n) is 7.59. The number of unbranched alkanes of at least 4 members (excludes halogenated alkanes) is 1. The summed E-state index contributed by atoms with van der Waals surface area (Å²) in [5, 5.41) is 8.22. The second-order valence-corrected chi connectivity index (χ2v) is 8.74. The van der Waals surface area contributed by atoms with Crippen molar-refractivity contribution in [3.63, 3.8) is 0 Å². The van der Waals surface area contributed by atoms with Gasteiger partial charge in [-0.25, -0.2) is 4.79 Å². The van der Waals surface area contributed by atoms with Gasteiger partial charge in [0.1, 0.15) is 11.5 Å². The first-order valence-corrected chi connectivity index (χ1v) is 12.3. The summed E-state index contributed by atoms with van der Waals surface area (Å²) in [5.41, 5.74) is 2.01. The number of hydrogen-bond donors (Lipinski definition) is 2. The number of para-hydroxylation sites is 1. The number of ether oxygens (including phenoxy) is 2. The first-order chi connectivity index (χ1) is 16.3. The van der Waals surface area contributed by atoms with Crippen molar-refractivity contribution in [2.24, 2.45) is 5.14 Å². The van der Waals surface area contributed by atoms with E-state index in [0.717, 1.165) is 18.4 Å². The van der Waals surface area contributed by atoms with Crippen LogP contribution < -0.4 is 19.9 Å². The maximum Gasteiger partial charge on any atom is 0.382 e. The van der Waals surface area contributed by atoms with Crippen molar-refractivity contribution in [1.82, 2.24) is 0 Å². The summed E-state index contributed by atoms with van der Waals surface area (Å²) in [7, 11) is -2.90. The molecule has 0 amide bonds. The minimum absolute atomic E-state index is 0.0734. The average Bonchev–Trinajstić information content (AvgIpc) is 2.80. The Morgan fingerprint density at radius 3 is 2.32 bits per heavy atom. The van der Waals surface area contributed by atoms with Crippen LogP contribution in [0, 0.1) is 0 Å². The first-order valence-electron chi connectivity index (χ1n) is 10.8. The summed E-state index contributed by atoms with van der Waals surface area (Å²) in [6.07, 6.45) is 2.19. The van der Waals surface area contributed by atoms with Crippen LogP contribution in [0.25, 0.3) is 0 Å². The second kappa shape index (κ2) is 11.5. The molecule has 3 aromatic carbocycles. The van der Waals surface area contributed by atoms with E-state index in [4.69, 9.17) is 14.6 Å². The Morgan fingerprint density at radius 2 is 1.71 bits per heavy atom. The Balaban J connectivity index is 2.07. The van der Waals surface area contributed by atoms with E-state index in [0.29, 0.717) is 41.5 Å². The van der Waals surface area contributed by atoms with Crippen molar-refractivity contribution in [1.29, 1.82) is 0 Å². The van der Waals surface area contributed by atoms with Gasteiger partial charge >= 0.3 is 16.3 Å². The maximum absolute atomic E-state index is 12.8. The third kappa shape index (κ3) is 7.23. The molecule has 3 aromatic rings. The van der Waals surface area contributed by atoms with E-state index in [1.54, 1.807) is 31.4 Å². The Morgan fingerprint density at radius 1 is 1.00 bits per heavy atom. The van der Waals surface area contributed by atoms with Gasteiger partial charge in [-0.2, -0.15) is 13.6 Å². The number of hydrogen-bond acceptors (Lipinski definition) is 7. The molecule has 0 atom stereocenters. The lowest BCUT2D eigenvalue weighted by Gasteiger charge is -2.18. The zero-order chi connectivity index (χ0) is 24.6. The summed E-state index contributed by atoms with van der Waals surface area (Å²) < 4.78 is 38.7. The number of carbonyl (C=O) groups is 1. The fraction of sp³-hybridized carbons (Fsp3) is 0.240. The van der Waals surface area contributed by atoms with Gasteiger partial charge in [0.25, 0.3) is 0 Å². The van der Waals surface area contributed by atoms with E-state index in [-0.39, 0.29) is 5.56 Å². The fourth-order valence-corrected chi connectivity index (χ4v) is 3.61. The summed E-state index contributed by atoms with van der Waals surface area (Å²) in [5.74, 6) is 0.756. The molecule has 0 spiro atoms. The molecule has 0 fully saturated rings. The normalized spacial score (nSPS) is 11.0. The zero-order valence-corrected chi connectivity index (χ0v) is 19.9. The zero-order valence-electron chi connectivity index (χ0n) is 19.1. The lowest BCUT2D eigenvalue weighted by Crippen LogP contribution is -2.21. The predicted molar refractivity (Wildman–Crippen MR) is 131 cm³/mol. The van der Waals surface area contributed by atoms with E-state index >= 15 is 0 Å². The van der Waals surface area contributed by atoms with Crippen LogP contribution in [0.4, 0.5) is 5.69 Å². The molecule has 0 radical (unpaired) electrons. The molecule has 34 heavy (non-hydrogen) atoms. The summed E-state index contributed by atoms with van der Waals surface area (Å²) in [6, 6.07) is 19.8. The van der Waals surface area contributed by atoms with E-state index in [1.165, 1.54) is 0 Å². The minimum atomic E-state index is -4.48. The van der Waals surface area contributed by atoms with E-state index in [1.807, 2.05) is 42.5 Å². The summed E-state index contributed by atoms with van der Waals surface area (Å²) in [6.45, 7) is 2.71. The van der Waals surface area contributed by atoms with Crippen LogP contribution in [0.2, 0.25) is 0 Å². The molecule has 180 valence electrons. The maximum atomic E-state index is 12.8. The Labute approximate surface area is 199 Å². The van der Waals surface area contributed by atoms with Crippen molar-refractivity contribution in [3.05, 3.63) is 83.4 Å². The summed E-state index contributed by atoms with van der Waals surface area (Å²) >= 11 is 0. The largest absolute Gasteiger partial charge is 0.497 e. The molecule has 0 unspecified atom stereocenters. The van der Waals surface area contributed by atoms with Gasteiger partial charge in [-0.1, -0.05) is 43.7 Å². The first kappa shape index (κ1) is 25.1. The van der Waals surface area contributed by atoms with Crippen molar-refractivity contribution in [3.8, 4) is 17.2 Å². The van der Waals surface area contributed by atoms with Crippen LogP contribution in [0.5, 0.6) is 17.2 Å². The van der Waals surface area contributed by atoms with Crippen molar-refractivity contribution in [2.45, 2.75) is 26.2 Å². The summed E-state index contributed by atoms with van der Waals surface area (Å²) in [4.78, 5) is 12.8. The van der Waals surface area contributed by atoms with Crippen LogP contribution in [-0.2, 0) is 20.9 Å². The molecule has 0 saturated carbocycles. The molecule has 0 aromatic heterocycles. The van der Waals surface area contributed by atoms with Crippen LogP contribution in [0.1, 0.15) is 41.3 Å². The molecule has 0 aliphatic heterocycles. The molecule has 9 heteroatoms. The van der Waals surface area contributed by atoms with Crippen molar-refractivity contribution in [2.75, 3.05) is 19.0 Å². The van der Waals surface area contributed by atoms with Crippen LogP contribution in [-0.4, -0.2) is 28.0 Å². The highest BCUT2D eigenvalue weighted by Gasteiger charge is 2.22. The number of carbonyl (C=O) groups excluding carboxylic acids is 1. The number of nitrogens with two attached hydrogens (primary N) is 1. The lowest BCUT2D eigenvalue weighted by atomic mass is 9.98. The molecule has 3 N–H and O–H groups in total. The molecule has 3 rings (SSSR count). The number of nitrogens with one attached hydrogen (secondary N) is 1. The van der Waals surface area contributed by atoms with E-state index in [2.05, 4.69) is 16.4 Å².